The van der Waals surface area contributed by atoms with Gasteiger partial charge in [-0.15, -0.1) is 0 Å². The molecule has 0 aliphatic carbocycles. The van der Waals surface area contributed by atoms with Crippen molar-refractivity contribution in [2.45, 2.75) is 6.42 Å². The zero-order chi connectivity index (χ0) is 9.52. The molecule has 3 nitrogen and oxygen atoms in total. The SMILES string of the molecule is OCCNCCc1ccccc1O. The Morgan fingerprint density at radius 1 is 1.15 bits per heavy atom. The van der Waals surface area contributed by atoms with Crippen molar-refractivity contribution in [3.8, 4) is 5.75 Å². The minimum atomic E-state index is 0.154. The lowest BCUT2D eigenvalue weighted by atomic mass is 10.1. The van der Waals surface area contributed by atoms with Crippen LogP contribution in [0.4, 0.5) is 0 Å². The van der Waals surface area contributed by atoms with Gasteiger partial charge in [-0.2, -0.15) is 0 Å². The normalized spacial score (nSPS) is 10.2. The van der Waals surface area contributed by atoms with E-state index in [1.54, 1.807) is 12.1 Å². The molecule has 1 rings (SSSR count). The van der Waals surface area contributed by atoms with Gasteiger partial charge in [0.1, 0.15) is 5.75 Å². The van der Waals surface area contributed by atoms with Crippen LogP contribution in [0.15, 0.2) is 24.3 Å². The molecule has 0 aliphatic rings. The van der Waals surface area contributed by atoms with Gasteiger partial charge in [-0.1, -0.05) is 18.2 Å². The van der Waals surface area contributed by atoms with E-state index in [2.05, 4.69) is 5.32 Å². The number of rotatable bonds is 5. The highest BCUT2D eigenvalue weighted by molar-refractivity contribution is 5.31. The van der Waals surface area contributed by atoms with E-state index in [-0.39, 0.29) is 6.61 Å². The van der Waals surface area contributed by atoms with Crippen molar-refractivity contribution in [3.05, 3.63) is 29.8 Å². The van der Waals surface area contributed by atoms with E-state index in [1.807, 2.05) is 12.1 Å². The van der Waals surface area contributed by atoms with Crippen LogP contribution in [0, 0.1) is 0 Å². The third-order valence-electron chi connectivity index (χ3n) is 1.85. The summed E-state index contributed by atoms with van der Waals surface area (Å²) in [6.45, 7) is 1.53. The van der Waals surface area contributed by atoms with E-state index >= 15 is 0 Å². The number of phenolic OH excluding ortho intramolecular Hbond substituents is 1. The summed E-state index contributed by atoms with van der Waals surface area (Å²) in [5, 5.41) is 20.9. The maximum atomic E-state index is 9.39. The van der Waals surface area contributed by atoms with Crippen LogP contribution in [0.1, 0.15) is 5.56 Å². The van der Waals surface area contributed by atoms with Crippen molar-refractivity contribution in [1.29, 1.82) is 0 Å². The van der Waals surface area contributed by atoms with Crippen molar-refractivity contribution in [3.63, 3.8) is 0 Å². The van der Waals surface area contributed by atoms with Crippen molar-refractivity contribution in [2.75, 3.05) is 19.7 Å². The Balaban J connectivity index is 2.32. The highest BCUT2D eigenvalue weighted by atomic mass is 16.3. The molecule has 1 aromatic carbocycles. The van der Waals surface area contributed by atoms with Gasteiger partial charge in [-0.05, 0) is 24.6 Å². The number of aliphatic hydroxyl groups is 1. The Kier molecular flexibility index (Phi) is 4.29. The second-order valence-corrected chi connectivity index (χ2v) is 2.85. The lowest BCUT2D eigenvalue weighted by molar-refractivity contribution is 0.292. The molecule has 1 aromatic rings. The molecule has 0 atom stereocenters. The van der Waals surface area contributed by atoms with Gasteiger partial charge in [0.2, 0.25) is 0 Å². The molecule has 0 amide bonds. The molecule has 72 valence electrons. The summed E-state index contributed by atoms with van der Waals surface area (Å²) in [7, 11) is 0. The Morgan fingerprint density at radius 2 is 1.92 bits per heavy atom. The molecule has 0 aliphatic heterocycles. The summed E-state index contributed by atoms with van der Waals surface area (Å²) < 4.78 is 0. The molecule has 0 spiro atoms. The first-order chi connectivity index (χ1) is 6.34. The standard InChI is InChI=1S/C10H15NO2/c12-8-7-11-6-5-9-3-1-2-4-10(9)13/h1-4,11-13H,5-8H2. The van der Waals surface area contributed by atoms with Crippen molar-refractivity contribution >= 4 is 0 Å². The first-order valence-electron chi connectivity index (χ1n) is 4.43. The van der Waals surface area contributed by atoms with Gasteiger partial charge in [0, 0.05) is 6.54 Å². The summed E-state index contributed by atoms with van der Waals surface area (Å²) in [4.78, 5) is 0. The van der Waals surface area contributed by atoms with Crippen LogP contribution in [-0.2, 0) is 6.42 Å². The van der Waals surface area contributed by atoms with Gasteiger partial charge < -0.3 is 15.5 Å². The predicted molar refractivity (Wildman–Crippen MR) is 51.8 cm³/mol. The van der Waals surface area contributed by atoms with E-state index in [0.29, 0.717) is 12.3 Å². The van der Waals surface area contributed by atoms with Crippen molar-refractivity contribution in [1.82, 2.24) is 5.32 Å². The molecule has 0 bridgehead atoms. The minimum absolute atomic E-state index is 0.154. The van der Waals surface area contributed by atoms with Gasteiger partial charge in [0.05, 0.1) is 6.61 Å². The third-order valence-corrected chi connectivity index (χ3v) is 1.85. The number of aliphatic hydroxyl groups excluding tert-OH is 1. The highest BCUT2D eigenvalue weighted by Crippen LogP contribution is 2.15. The molecule has 3 heteroatoms. The van der Waals surface area contributed by atoms with Crippen LogP contribution >= 0.6 is 0 Å². The van der Waals surface area contributed by atoms with Crippen molar-refractivity contribution in [2.24, 2.45) is 0 Å². The number of aromatic hydroxyl groups is 1. The quantitative estimate of drug-likeness (QED) is 0.580. The number of benzene rings is 1. The molecule has 0 saturated carbocycles. The summed E-state index contributed by atoms with van der Waals surface area (Å²) in [6.07, 6.45) is 0.784. The van der Waals surface area contributed by atoms with E-state index in [1.165, 1.54) is 0 Å². The molecule has 0 unspecified atom stereocenters. The minimum Gasteiger partial charge on any atom is -0.508 e. The monoisotopic (exact) mass is 181 g/mol. The second kappa shape index (κ2) is 5.56. The summed E-state index contributed by atoms with van der Waals surface area (Å²) in [5.74, 6) is 0.341. The Labute approximate surface area is 78.0 Å². The first kappa shape index (κ1) is 10.0. The van der Waals surface area contributed by atoms with Crippen LogP contribution in [-0.4, -0.2) is 29.9 Å². The smallest absolute Gasteiger partial charge is 0.118 e. The topological polar surface area (TPSA) is 52.5 Å². The van der Waals surface area contributed by atoms with Crippen LogP contribution in [0.25, 0.3) is 0 Å². The van der Waals surface area contributed by atoms with Gasteiger partial charge in [0.25, 0.3) is 0 Å². The molecule has 0 radical (unpaired) electrons. The van der Waals surface area contributed by atoms with Gasteiger partial charge in [0.15, 0.2) is 0 Å². The molecular weight excluding hydrogens is 166 g/mol. The number of nitrogens with one attached hydrogen (secondary N) is 1. The number of hydrogen-bond donors (Lipinski definition) is 3. The van der Waals surface area contributed by atoms with Crippen LogP contribution in [0.2, 0.25) is 0 Å². The molecule has 3 N–H and O–H groups in total. The molecular formula is C10H15NO2. The molecule has 0 heterocycles. The van der Waals surface area contributed by atoms with Crippen LogP contribution in [0.3, 0.4) is 0 Å². The van der Waals surface area contributed by atoms with Crippen molar-refractivity contribution < 1.29 is 10.2 Å². The number of para-hydroxylation sites is 1. The van der Waals surface area contributed by atoms with E-state index in [4.69, 9.17) is 5.11 Å². The average Bonchev–Trinajstić information content (AvgIpc) is 2.15. The average molecular weight is 181 g/mol. The number of hydrogen-bond acceptors (Lipinski definition) is 3. The van der Waals surface area contributed by atoms with Crippen LogP contribution in [0.5, 0.6) is 5.75 Å². The van der Waals surface area contributed by atoms with Gasteiger partial charge in [-0.3, -0.25) is 0 Å². The maximum absolute atomic E-state index is 9.39. The lowest BCUT2D eigenvalue weighted by Gasteiger charge is -2.04. The molecule has 0 fully saturated rings. The van der Waals surface area contributed by atoms with Gasteiger partial charge >= 0.3 is 0 Å². The van der Waals surface area contributed by atoms with E-state index in [0.717, 1.165) is 18.5 Å². The fraction of sp³-hybridized carbons (Fsp3) is 0.400. The number of phenols is 1. The third kappa shape index (κ3) is 3.44. The summed E-state index contributed by atoms with van der Waals surface area (Å²) in [6, 6.07) is 7.29. The van der Waals surface area contributed by atoms with Gasteiger partial charge in [-0.25, -0.2) is 0 Å². The highest BCUT2D eigenvalue weighted by Gasteiger charge is 1.97. The zero-order valence-corrected chi connectivity index (χ0v) is 7.53. The van der Waals surface area contributed by atoms with Crippen LogP contribution < -0.4 is 5.32 Å². The largest absolute Gasteiger partial charge is 0.508 e. The molecule has 0 saturated heterocycles. The summed E-state index contributed by atoms with van der Waals surface area (Å²) >= 11 is 0. The Bertz CT molecular complexity index is 250. The second-order valence-electron chi connectivity index (χ2n) is 2.85. The molecule has 0 aromatic heterocycles. The zero-order valence-electron chi connectivity index (χ0n) is 7.53. The fourth-order valence-corrected chi connectivity index (χ4v) is 1.15. The summed E-state index contributed by atoms with van der Waals surface area (Å²) in [5.41, 5.74) is 0.938. The molecule has 13 heavy (non-hydrogen) atoms. The predicted octanol–water partition coefficient (Wildman–Crippen LogP) is 0.517. The van der Waals surface area contributed by atoms with E-state index in [9.17, 15) is 5.11 Å². The fourth-order valence-electron chi connectivity index (χ4n) is 1.15. The lowest BCUT2D eigenvalue weighted by Crippen LogP contribution is -2.20. The van der Waals surface area contributed by atoms with E-state index < -0.39 is 0 Å². The maximum Gasteiger partial charge on any atom is 0.118 e. The first-order valence-corrected chi connectivity index (χ1v) is 4.43. The Hall–Kier alpha value is -1.06. The Morgan fingerprint density at radius 3 is 2.62 bits per heavy atom.